The zero-order chi connectivity index (χ0) is 22.2. The summed E-state index contributed by atoms with van der Waals surface area (Å²) in [6.07, 6.45) is 0. The number of halogens is 1. The predicted octanol–water partition coefficient (Wildman–Crippen LogP) is 4.42. The number of rotatable bonds is 4. The molecule has 0 saturated carbocycles. The molecule has 5 aromatic rings. The molecule has 1 N–H and O–H groups in total. The quantitative estimate of drug-likeness (QED) is 0.443. The molecule has 158 valence electrons. The predicted molar refractivity (Wildman–Crippen MR) is 123 cm³/mol. The summed E-state index contributed by atoms with van der Waals surface area (Å²) in [5.41, 5.74) is 2.84. The maximum atomic E-state index is 13.0. The number of aromatic amines is 1. The fourth-order valence-corrected chi connectivity index (χ4v) is 3.70. The smallest absolute Gasteiger partial charge is 0.329 e. The number of aryl methyl sites for hydroxylation is 1. The van der Waals surface area contributed by atoms with Gasteiger partial charge in [-0.25, -0.2) is 4.79 Å². The molecule has 32 heavy (non-hydrogen) atoms. The Hall–Kier alpha value is -3.97. The van der Waals surface area contributed by atoms with Crippen LogP contribution in [0.3, 0.4) is 0 Å². The van der Waals surface area contributed by atoms with E-state index >= 15 is 0 Å². The van der Waals surface area contributed by atoms with Crippen LogP contribution in [0.1, 0.15) is 11.1 Å². The fraction of sp³-hybridized carbons (Fsp3) is 0.0833. The lowest BCUT2D eigenvalue weighted by Gasteiger charge is -2.07. The average Bonchev–Trinajstić information content (AvgIpc) is 3.28. The molecule has 3 aromatic carbocycles. The van der Waals surface area contributed by atoms with Crippen LogP contribution < -0.4 is 11.2 Å². The van der Waals surface area contributed by atoms with E-state index in [2.05, 4.69) is 15.1 Å². The third kappa shape index (κ3) is 3.63. The van der Waals surface area contributed by atoms with Crippen LogP contribution in [0.2, 0.25) is 5.02 Å². The second-order valence-electron chi connectivity index (χ2n) is 7.45. The van der Waals surface area contributed by atoms with E-state index in [-0.39, 0.29) is 12.1 Å². The Morgan fingerprint density at radius 3 is 2.59 bits per heavy atom. The number of hydrogen-bond acceptors (Lipinski definition) is 5. The van der Waals surface area contributed by atoms with Gasteiger partial charge in [-0.3, -0.25) is 9.36 Å². The van der Waals surface area contributed by atoms with Crippen molar-refractivity contribution in [2.45, 2.75) is 13.5 Å². The Morgan fingerprint density at radius 2 is 1.81 bits per heavy atom. The van der Waals surface area contributed by atoms with Crippen molar-refractivity contribution in [1.29, 1.82) is 0 Å². The zero-order valence-electron chi connectivity index (χ0n) is 17.0. The fourth-order valence-electron chi connectivity index (χ4n) is 3.58. The van der Waals surface area contributed by atoms with E-state index in [0.717, 1.165) is 21.3 Å². The van der Waals surface area contributed by atoms with Gasteiger partial charge < -0.3 is 9.51 Å². The van der Waals surface area contributed by atoms with Gasteiger partial charge in [0.15, 0.2) is 0 Å². The first-order chi connectivity index (χ1) is 15.5. The molecule has 5 rings (SSSR count). The molecule has 0 aliphatic rings. The largest absolute Gasteiger partial charge is 0.334 e. The van der Waals surface area contributed by atoms with Crippen molar-refractivity contribution < 1.29 is 4.52 Å². The topological polar surface area (TPSA) is 93.8 Å². The Labute approximate surface area is 186 Å². The zero-order valence-corrected chi connectivity index (χ0v) is 17.8. The minimum atomic E-state index is -0.499. The van der Waals surface area contributed by atoms with E-state index in [9.17, 15) is 9.59 Å². The first-order valence-corrected chi connectivity index (χ1v) is 10.3. The molecular weight excluding hydrogens is 428 g/mol. The highest BCUT2D eigenvalue weighted by atomic mass is 35.5. The van der Waals surface area contributed by atoms with Gasteiger partial charge in [0.2, 0.25) is 5.82 Å². The second-order valence-corrected chi connectivity index (χ2v) is 7.88. The summed E-state index contributed by atoms with van der Waals surface area (Å²) in [6, 6.07) is 19.8. The summed E-state index contributed by atoms with van der Waals surface area (Å²) >= 11 is 5.91. The highest BCUT2D eigenvalue weighted by molar-refractivity contribution is 6.30. The van der Waals surface area contributed by atoms with Crippen molar-refractivity contribution in [2.24, 2.45) is 0 Å². The van der Waals surface area contributed by atoms with Gasteiger partial charge in [-0.1, -0.05) is 53.2 Å². The summed E-state index contributed by atoms with van der Waals surface area (Å²) in [6.45, 7) is 2.12. The molecule has 0 saturated heterocycles. The number of nitrogens with one attached hydrogen (secondary N) is 1. The monoisotopic (exact) mass is 444 g/mol. The van der Waals surface area contributed by atoms with E-state index in [4.69, 9.17) is 16.1 Å². The molecule has 2 heterocycles. The first kappa shape index (κ1) is 20.0. The van der Waals surface area contributed by atoms with Gasteiger partial charge >= 0.3 is 5.69 Å². The van der Waals surface area contributed by atoms with Crippen LogP contribution in [0.4, 0.5) is 0 Å². The number of benzene rings is 3. The van der Waals surface area contributed by atoms with Crippen molar-refractivity contribution in [3.8, 4) is 22.8 Å². The summed E-state index contributed by atoms with van der Waals surface area (Å²) < 4.78 is 6.60. The Morgan fingerprint density at radius 1 is 1.03 bits per heavy atom. The number of aromatic nitrogens is 4. The maximum absolute atomic E-state index is 13.0. The maximum Gasteiger partial charge on any atom is 0.329 e. The van der Waals surface area contributed by atoms with Crippen molar-refractivity contribution in [3.63, 3.8) is 0 Å². The molecule has 0 unspecified atom stereocenters. The highest BCUT2D eigenvalue weighted by Crippen LogP contribution is 2.25. The van der Waals surface area contributed by atoms with Crippen LogP contribution in [0.25, 0.3) is 33.7 Å². The number of hydrogen-bond donors (Lipinski definition) is 1. The van der Waals surface area contributed by atoms with Gasteiger partial charge in [0.05, 0.1) is 17.4 Å². The van der Waals surface area contributed by atoms with Gasteiger partial charge in [-0.2, -0.15) is 4.98 Å². The molecular formula is C24H17ClN4O3. The van der Waals surface area contributed by atoms with E-state index in [1.165, 1.54) is 0 Å². The van der Waals surface area contributed by atoms with Gasteiger partial charge in [0, 0.05) is 16.1 Å². The minimum absolute atomic E-state index is 0.145. The second kappa shape index (κ2) is 7.94. The number of nitrogens with zero attached hydrogens (tertiary/aromatic N) is 3. The summed E-state index contributed by atoms with van der Waals surface area (Å²) in [5.74, 6) is 0.779. The lowest BCUT2D eigenvalue weighted by atomic mass is 10.1. The Balaban J connectivity index is 1.53. The average molecular weight is 445 g/mol. The normalized spacial score (nSPS) is 11.2. The summed E-state index contributed by atoms with van der Waals surface area (Å²) in [7, 11) is 0. The van der Waals surface area contributed by atoms with Crippen molar-refractivity contribution in [2.75, 3.05) is 0 Å². The van der Waals surface area contributed by atoms with Crippen LogP contribution in [0.5, 0.6) is 0 Å². The van der Waals surface area contributed by atoms with Crippen molar-refractivity contribution in [3.05, 3.63) is 104 Å². The summed E-state index contributed by atoms with van der Waals surface area (Å²) in [4.78, 5) is 32.8. The standard InChI is InChI=1S/C24H17ClN4O3/c1-14-4-2-3-5-18(14)21-27-22(32-28-21)16-8-11-19-20(12-16)26-24(31)29(23(19)30)13-15-6-9-17(25)10-7-15/h2-12H,13H2,1H3,(H,26,31). The molecule has 0 radical (unpaired) electrons. The van der Waals surface area contributed by atoms with E-state index < -0.39 is 5.69 Å². The lowest BCUT2D eigenvalue weighted by Crippen LogP contribution is -2.35. The Bertz CT molecular complexity index is 1570. The van der Waals surface area contributed by atoms with Crippen LogP contribution in [0, 0.1) is 6.92 Å². The van der Waals surface area contributed by atoms with Crippen LogP contribution in [-0.2, 0) is 6.54 Å². The lowest BCUT2D eigenvalue weighted by molar-refractivity contribution is 0.432. The third-order valence-electron chi connectivity index (χ3n) is 5.29. The molecule has 0 amide bonds. The van der Waals surface area contributed by atoms with E-state index in [1.807, 2.05) is 31.2 Å². The molecule has 0 atom stereocenters. The van der Waals surface area contributed by atoms with Gasteiger partial charge in [-0.05, 0) is 48.4 Å². The molecule has 0 bridgehead atoms. The minimum Gasteiger partial charge on any atom is -0.334 e. The Kier molecular flexibility index (Phi) is 4.95. The summed E-state index contributed by atoms with van der Waals surface area (Å²) in [5, 5.41) is 5.05. The van der Waals surface area contributed by atoms with E-state index in [0.29, 0.717) is 33.2 Å². The van der Waals surface area contributed by atoms with Crippen LogP contribution in [-0.4, -0.2) is 19.7 Å². The molecule has 0 spiro atoms. The molecule has 2 aromatic heterocycles. The number of fused-ring (bicyclic) bond motifs is 1. The first-order valence-electron chi connectivity index (χ1n) is 9.91. The molecule has 0 aliphatic carbocycles. The van der Waals surface area contributed by atoms with Crippen LogP contribution in [0.15, 0.2) is 80.8 Å². The van der Waals surface area contributed by atoms with Gasteiger partial charge in [-0.15, -0.1) is 0 Å². The van der Waals surface area contributed by atoms with Crippen molar-refractivity contribution in [1.82, 2.24) is 19.7 Å². The van der Waals surface area contributed by atoms with Gasteiger partial charge in [0.1, 0.15) is 0 Å². The number of H-pyrrole nitrogens is 1. The third-order valence-corrected chi connectivity index (χ3v) is 5.55. The molecule has 7 nitrogen and oxygen atoms in total. The molecule has 0 fully saturated rings. The van der Waals surface area contributed by atoms with Crippen molar-refractivity contribution >= 4 is 22.5 Å². The van der Waals surface area contributed by atoms with E-state index in [1.54, 1.807) is 42.5 Å². The van der Waals surface area contributed by atoms with Crippen LogP contribution >= 0.6 is 11.6 Å². The van der Waals surface area contributed by atoms with Gasteiger partial charge in [0.25, 0.3) is 11.4 Å². The highest BCUT2D eigenvalue weighted by Gasteiger charge is 2.14. The molecule has 8 heteroatoms. The molecule has 0 aliphatic heterocycles. The SMILES string of the molecule is Cc1ccccc1-c1noc(-c2ccc3c(=O)n(Cc4ccc(Cl)cc4)c(=O)[nH]c3c2)n1.